The number of aliphatic hydroxyl groups excluding tert-OH is 1. The maximum absolute atomic E-state index is 12.1. The molecule has 1 aromatic carbocycles. The first kappa shape index (κ1) is 16.4. The van der Waals surface area contributed by atoms with Gasteiger partial charge in [0.05, 0.1) is 16.8 Å². The van der Waals surface area contributed by atoms with Crippen LogP contribution in [-0.2, 0) is 9.84 Å². The maximum Gasteiger partial charge on any atom is 0.179 e. The highest BCUT2D eigenvalue weighted by atomic mass is 32.2. The molecule has 0 bridgehead atoms. The van der Waals surface area contributed by atoms with E-state index in [0.717, 1.165) is 0 Å². The first-order valence-corrected chi connectivity index (χ1v) is 7.71. The number of benzene rings is 1. The van der Waals surface area contributed by atoms with Crippen LogP contribution in [0.15, 0.2) is 34.3 Å². The fraction of sp³-hybridized carbons (Fsp3) is 0.417. The number of amidine groups is 1. The molecule has 0 radical (unpaired) electrons. The van der Waals surface area contributed by atoms with Gasteiger partial charge >= 0.3 is 0 Å². The van der Waals surface area contributed by atoms with Crippen LogP contribution >= 0.6 is 0 Å². The minimum absolute atomic E-state index is 0.0979. The largest absolute Gasteiger partial charge is 0.409 e. The van der Waals surface area contributed by atoms with E-state index in [2.05, 4.69) is 10.5 Å². The van der Waals surface area contributed by atoms with Gasteiger partial charge in [-0.1, -0.05) is 17.3 Å². The highest BCUT2D eigenvalue weighted by molar-refractivity contribution is 7.91. The molecular formula is C12H19N3O4S. The molecule has 0 aliphatic heterocycles. The molecule has 1 unspecified atom stereocenters. The Kier molecular flexibility index (Phi) is 5.93. The van der Waals surface area contributed by atoms with Crippen molar-refractivity contribution in [2.75, 3.05) is 18.8 Å². The van der Waals surface area contributed by atoms with Gasteiger partial charge in [0.25, 0.3) is 0 Å². The predicted octanol–water partition coefficient (Wildman–Crippen LogP) is -0.475. The fourth-order valence-electron chi connectivity index (χ4n) is 1.54. The molecule has 7 nitrogen and oxygen atoms in total. The third kappa shape index (κ3) is 4.80. The van der Waals surface area contributed by atoms with Crippen molar-refractivity contribution in [1.82, 2.24) is 5.32 Å². The van der Waals surface area contributed by atoms with Gasteiger partial charge in [-0.25, -0.2) is 8.42 Å². The Bertz CT molecular complexity index is 570. The van der Waals surface area contributed by atoms with Crippen molar-refractivity contribution < 1.29 is 18.7 Å². The van der Waals surface area contributed by atoms with Gasteiger partial charge in [-0.3, -0.25) is 0 Å². The topological polar surface area (TPSA) is 125 Å². The zero-order chi connectivity index (χ0) is 15.2. The van der Waals surface area contributed by atoms with Gasteiger partial charge in [-0.2, -0.15) is 0 Å². The minimum Gasteiger partial charge on any atom is -0.409 e. The summed E-state index contributed by atoms with van der Waals surface area (Å²) in [6.07, 6.45) is -0.526. The quantitative estimate of drug-likeness (QED) is 0.177. The third-order valence-corrected chi connectivity index (χ3v) is 4.30. The highest BCUT2D eigenvalue weighted by Gasteiger charge is 2.15. The minimum atomic E-state index is -3.46. The van der Waals surface area contributed by atoms with Crippen LogP contribution in [0.1, 0.15) is 12.5 Å². The second-order valence-corrected chi connectivity index (χ2v) is 6.49. The zero-order valence-electron chi connectivity index (χ0n) is 11.2. The maximum atomic E-state index is 12.1. The van der Waals surface area contributed by atoms with Crippen molar-refractivity contribution in [3.63, 3.8) is 0 Å². The summed E-state index contributed by atoms with van der Waals surface area (Å²) in [5.74, 6) is -0.242. The molecule has 0 aliphatic carbocycles. The first-order chi connectivity index (χ1) is 9.36. The molecule has 0 fully saturated rings. The van der Waals surface area contributed by atoms with E-state index in [0.29, 0.717) is 12.1 Å². The summed E-state index contributed by atoms with van der Waals surface area (Å²) in [4.78, 5) is 0.112. The van der Waals surface area contributed by atoms with Crippen LogP contribution in [-0.4, -0.2) is 49.5 Å². The van der Waals surface area contributed by atoms with Crippen LogP contribution in [0.4, 0.5) is 0 Å². The lowest BCUT2D eigenvalue weighted by molar-refractivity contribution is 0.192. The van der Waals surface area contributed by atoms with Gasteiger partial charge < -0.3 is 21.4 Å². The lowest BCUT2D eigenvalue weighted by Crippen LogP contribution is -2.29. The number of nitrogens with zero attached hydrogens (tertiary/aromatic N) is 1. The molecule has 1 aromatic rings. The number of aliphatic hydroxyl groups is 1. The Hall–Kier alpha value is -1.64. The fourth-order valence-corrected chi connectivity index (χ4v) is 2.78. The van der Waals surface area contributed by atoms with Crippen molar-refractivity contribution in [2.45, 2.75) is 17.9 Å². The van der Waals surface area contributed by atoms with Crippen LogP contribution in [0, 0.1) is 0 Å². The summed E-state index contributed by atoms with van der Waals surface area (Å²) in [6, 6.07) is 5.90. The van der Waals surface area contributed by atoms with Crippen LogP contribution in [0.2, 0.25) is 0 Å². The van der Waals surface area contributed by atoms with E-state index in [1.165, 1.54) is 18.2 Å². The van der Waals surface area contributed by atoms with Crippen molar-refractivity contribution >= 4 is 15.7 Å². The molecule has 0 amide bonds. The Labute approximate surface area is 118 Å². The molecule has 0 saturated carbocycles. The zero-order valence-corrected chi connectivity index (χ0v) is 12.0. The van der Waals surface area contributed by atoms with Crippen LogP contribution in [0.25, 0.3) is 0 Å². The standard InChI is InChI=1S/C12H19N3O4S/c1-9(16)8-14-5-6-20(18,19)11-4-2-3-10(7-11)12(13)15-17/h2-4,7,9,14,16-17H,5-6,8H2,1H3,(H2,13,15). The molecule has 1 atom stereocenters. The van der Waals surface area contributed by atoms with E-state index in [-0.39, 0.29) is 23.0 Å². The molecule has 20 heavy (non-hydrogen) atoms. The molecule has 112 valence electrons. The number of nitrogens with two attached hydrogens (primary N) is 1. The summed E-state index contributed by atoms with van der Waals surface area (Å²) in [5, 5.41) is 23.3. The van der Waals surface area contributed by atoms with Crippen molar-refractivity contribution in [3.05, 3.63) is 29.8 Å². The van der Waals surface area contributed by atoms with Gasteiger partial charge in [0.15, 0.2) is 15.7 Å². The van der Waals surface area contributed by atoms with Crippen LogP contribution in [0.5, 0.6) is 0 Å². The van der Waals surface area contributed by atoms with Crippen molar-refractivity contribution in [1.29, 1.82) is 0 Å². The summed E-state index contributed by atoms with van der Waals surface area (Å²) in [7, 11) is -3.46. The third-order valence-electron chi connectivity index (χ3n) is 2.58. The van der Waals surface area contributed by atoms with Gasteiger partial charge in [0, 0.05) is 18.7 Å². The molecular weight excluding hydrogens is 282 g/mol. The van der Waals surface area contributed by atoms with E-state index >= 15 is 0 Å². The van der Waals surface area contributed by atoms with Gasteiger partial charge in [-0.15, -0.1) is 0 Å². The van der Waals surface area contributed by atoms with Gasteiger partial charge in [0.2, 0.25) is 0 Å². The number of sulfone groups is 1. The first-order valence-electron chi connectivity index (χ1n) is 6.06. The smallest absolute Gasteiger partial charge is 0.179 e. The monoisotopic (exact) mass is 301 g/mol. The van der Waals surface area contributed by atoms with Crippen molar-refractivity contribution in [2.24, 2.45) is 10.9 Å². The Morgan fingerprint density at radius 3 is 2.80 bits per heavy atom. The van der Waals surface area contributed by atoms with Gasteiger partial charge in [-0.05, 0) is 19.1 Å². The second-order valence-electron chi connectivity index (χ2n) is 4.39. The van der Waals surface area contributed by atoms with E-state index in [9.17, 15) is 8.42 Å². The number of hydrogen-bond acceptors (Lipinski definition) is 6. The van der Waals surface area contributed by atoms with Crippen molar-refractivity contribution in [3.8, 4) is 0 Å². The summed E-state index contributed by atoms with van der Waals surface area (Å²) < 4.78 is 24.2. The highest BCUT2D eigenvalue weighted by Crippen LogP contribution is 2.13. The summed E-state index contributed by atoms with van der Waals surface area (Å²) in [6.45, 7) is 2.18. The van der Waals surface area contributed by atoms with Crippen LogP contribution < -0.4 is 11.1 Å². The Balaban J connectivity index is 2.77. The van der Waals surface area contributed by atoms with Gasteiger partial charge in [0.1, 0.15) is 0 Å². The second kappa shape index (κ2) is 7.22. The average Bonchev–Trinajstić information content (AvgIpc) is 2.42. The van der Waals surface area contributed by atoms with Crippen LogP contribution in [0.3, 0.4) is 0 Å². The normalized spacial score (nSPS) is 14.2. The number of oxime groups is 1. The molecule has 0 aromatic heterocycles. The Morgan fingerprint density at radius 2 is 2.20 bits per heavy atom. The molecule has 5 N–H and O–H groups in total. The number of hydrogen-bond donors (Lipinski definition) is 4. The van der Waals surface area contributed by atoms with E-state index in [1.54, 1.807) is 13.0 Å². The molecule has 0 saturated heterocycles. The van der Waals surface area contributed by atoms with E-state index in [1.807, 2.05) is 0 Å². The summed E-state index contributed by atoms with van der Waals surface area (Å²) in [5.41, 5.74) is 5.76. The molecule has 0 spiro atoms. The number of nitrogens with one attached hydrogen (secondary N) is 1. The molecule has 0 heterocycles. The SMILES string of the molecule is CC(O)CNCCS(=O)(=O)c1cccc(/C(N)=N/O)c1. The average molecular weight is 301 g/mol. The lowest BCUT2D eigenvalue weighted by atomic mass is 10.2. The van der Waals surface area contributed by atoms with E-state index in [4.69, 9.17) is 16.0 Å². The molecule has 1 rings (SSSR count). The number of rotatable bonds is 7. The predicted molar refractivity (Wildman–Crippen MR) is 75.6 cm³/mol. The molecule has 8 heteroatoms. The lowest BCUT2D eigenvalue weighted by Gasteiger charge is -2.08. The molecule has 0 aliphatic rings. The summed E-state index contributed by atoms with van der Waals surface area (Å²) >= 11 is 0. The Morgan fingerprint density at radius 1 is 1.50 bits per heavy atom. The van der Waals surface area contributed by atoms with E-state index < -0.39 is 15.9 Å².